The van der Waals surface area contributed by atoms with Gasteiger partial charge >= 0.3 is 29.9 Å². The smallest absolute Gasteiger partial charge is 0.435 e. The van der Waals surface area contributed by atoms with Crippen molar-refractivity contribution in [1.29, 1.82) is 0 Å². The molecule has 0 heterocycles. The second kappa shape index (κ2) is 9.11. The molecule has 0 aliphatic heterocycles. The molecule has 190 valence electrons. The Bertz CT molecular complexity index is 1070. The minimum atomic E-state index is -6.45. The Morgan fingerprint density at radius 2 is 1.68 bits per heavy atom. The average molecular weight is 630 g/mol. The van der Waals surface area contributed by atoms with E-state index < -0.39 is 57.2 Å². The zero-order valence-electron chi connectivity index (χ0n) is 17.0. The van der Waals surface area contributed by atoms with Gasteiger partial charge in [-0.2, -0.15) is 34.8 Å². The van der Waals surface area contributed by atoms with E-state index in [0.29, 0.717) is 12.3 Å². The standard InChI is InChI=1S/C19H17F6IO7S/c20-18(21,22)17(19(23,24)25,8-34(29,30)31)33-15(27)11-3-4-13(26)14(7-11)32-16(28)12-6-9-1-2-10(12)5-9/h3-4,7,9-10,12H,1-2,5-6,8H2,(H,29,30,31). The molecule has 2 fully saturated rings. The van der Waals surface area contributed by atoms with Crippen LogP contribution in [0.25, 0.3) is 0 Å². The Kier molecular flexibility index (Phi) is 7.23. The highest BCUT2D eigenvalue weighted by atomic mass is 127. The first-order valence-corrected chi connectivity index (χ1v) is 12.5. The second-order valence-corrected chi connectivity index (χ2v) is 10.9. The number of alkyl halides is 6. The van der Waals surface area contributed by atoms with Gasteiger partial charge in [-0.1, -0.05) is 6.42 Å². The van der Waals surface area contributed by atoms with Gasteiger partial charge in [-0.3, -0.25) is 9.35 Å². The number of rotatable bonds is 6. The van der Waals surface area contributed by atoms with Gasteiger partial charge in [-0.25, -0.2) is 4.79 Å². The summed E-state index contributed by atoms with van der Waals surface area (Å²) in [5.74, 6) is -5.96. The lowest BCUT2D eigenvalue weighted by atomic mass is 9.89. The average Bonchev–Trinajstić information content (AvgIpc) is 3.29. The van der Waals surface area contributed by atoms with E-state index >= 15 is 0 Å². The van der Waals surface area contributed by atoms with Crippen molar-refractivity contribution in [3.8, 4) is 5.75 Å². The fraction of sp³-hybridized carbons (Fsp3) is 0.579. The predicted molar refractivity (Wildman–Crippen MR) is 110 cm³/mol. The minimum absolute atomic E-state index is 0.128. The largest absolute Gasteiger partial charge is 0.438 e. The minimum Gasteiger partial charge on any atom is -0.435 e. The highest BCUT2D eigenvalue weighted by Crippen LogP contribution is 2.49. The van der Waals surface area contributed by atoms with Crippen molar-refractivity contribution in [2.75, 3.05) is 5.75 Å². The van der Waals surface area contributed by atoms with Crippen molar-refractivity contribution < 1.29 is 58.4 Å². The van der Waals surface area contributed by atoms with Crippen LogP contribution >= 0.6 is 22.6 Å². The maximum Gasteiger partial charge on any atom is 0.438 e. The second-order valence-electron chi connectivity index (χ2n) is 8.29. The van der Waals surface area contributed by atoms with Crippen molar-refractivity contribution in [2.45, 2.75) is 43.6 Å². The summed E-state index contributed by atoms with van der Waals surface area (Å²) in [6.07, 6.45) is -9.57. The fourth-order valence-electron chi connectivity index (χ4n) is 4.37. The van der Waals surface area contributed by atoms with Crippen molar-refractivity contribution in [2.24, 2.45) is 17.8 Å². The molecule has 2 bridgehead atoms. The van der Waals surface area contributed by atoms with Gasteiger partial charge in [0.05, 0.1) is 15.1 Å². The fourth-order valence-corrected chi connectivity index (χ4v) is 5.72. The molecule has 1 aromatic rings. The van der Waals surface area contributed by atoms with E-state index in [1.165, 1.54) is 0 Å². The van der Waals surface area contributed by atoms with Crippen LogP contribution in [-0.2, 0) is 19.6 Å². The molecular formula is C19H17F6IO7S. The highest BCUT2D eigenvalue weighted by Gasteiger charge is 2.76. The van der Waals surface area contributed by atoms with Crippen LogP contribution in [0.3, 0.4) is 0 Å². The number of hydrogen-bond acceptors (Lipinski definition) is 6. The SMILES string of the molecule is O=C(OC(CS(=O)(=O)O)(C(F)(F)F)C(F)(F)F)c1ccc(I)c(OC(=O)C2CC3CCC2C3)c1. The summed E-state index contributed by atoms with van der Waals surface area (Å²) in [4.78, 5) is 24.9. The molecule has 1 aromatic carbocycles. The first-order chi connectivity index (χ1) is 15.4. The zero-order chi connectivity index (χ0) is 25.7. The Labute approximate surface area is 203 Å². The quantitative estimate of drug-likeness (QED) is 0.162. The van der Waals surface area contributed by atoms with Gasteiger partial charge in [0.25, 0.3) is 10.1 Å². The third-order valence-corrected chi connectivity index (χ3v) is 7.65. The summed E-state index contributed by atoms with van der Waals surface area (Å²) in [5, 5.41) is 0. The molecule has 2 saturated carbocycles. The predicted octanol–water partition coefficient (Wildman–Crippen LogP) is 4.54. The van der Waals surface area contributed by atoms with Gasteiger partial charge in [-0.15, -0.1) is 0 Å². The molecule has 15 heteroatoms. The van der Waals surface area contributed by atoms with E-state index in [1.54, 1.807) is 22.6 Å². The summed E-state index contributed by atoms with van der Waals surface area (Å²) in [6.45, 7) is 0. The molecule has 3 rings (SSSR count). The van der Waals surface area contributed by atoms with Gasteiger partial charge in [0.2, 0.25) is 0 Å². The first kappa shape index (κ1) is 27.0. The molecule has 0 aromatic heterocycles. The molecule has 7 nitrogen and oxygen atoms in total. The van der Waals surface area contributed by atoms with Crippen LogP contribution in [0, 0.1) is 21.3 Å². The van der Waals surface area contributed by atoms with Gasteiger partial charge in [0, 0.05) is 0 Å². The van der Waals surface area contributed by atoms with Crippen LogP contribution in [0.1, 0.15) is 36.0 Å². The maximum absolute atomic E-state index is 13.4. The Morgan fingerprint density at radius 3 is 2.15 bits per heavy atom. The van der Waals surface area contributed by atoms with Crippen molar-refractivity contribution >= 4 is 44.6 Å². The molecule has 3 atom stereocenters. The normalized spacial score (nSPS) is 23.1. The summed E-state index contributed by atoms with van der Waals surface area (Å²) in [5.41, 5.74) is -6.39. The van der Waals surface area contributed by atoms with Crippen molar-refractivity contribution in [1.82, 2.24) is 0 Å². The highest BCUT2D eigenvalue weighted by molar-refractivity contribution is 14.1. The van der Waals surface area contributed by atoms with Gasteiger partial charge in [0.1, 0.15) is 11.5 Å². The third kappa shape index (κ3) is 5.45. The van der Waals surface area contributed by atoms with E-state index in [0.717, 1.165) is 37.5 Å². The lowest BCUT2D eigenvalue weighted by molar-refractivity contribution is -0.356. The third-order valence-electron chi connectivity index (χ3n) is 5.99. The Balaban J connectivity index is 1.88. The van der Waals surface area contributed by atoms with Crippen LogP contribution in [0.15, 0.2) is 18.2 Å². The van der Waals surface area contributed by atoms with E-state index in [2.05, 4.69) is 4.74 Å². The number of carbonyl (C=O) groups excluding carboxylic acids is 2. The number of halogens is 7. The molecule has 0 saturated heterocycles. The van der Waals surface area contributed by atoms with Crippen LogP contribution in [-0.4, -0.2) is 48.6 Å². The van der Waals surface area contributed by atoms with E-state index in [9.17, 15) is 44.3 Å². The van der Waals surface area contributed by atoms with Gasteiger partial charge in [-0.05, 0) is 71.9 Å². The molecule has 0 radical (unpaired) electrons. The Morgan fingerprint density at radius 1 is 1.06 bits per heavy atom. The monoisotopic (exact) mass is 630 g/mol. The zero-order valence-corrected chi connectivity index (χ0v) is 19.9. The van der Waals surface area contributed by atoms with Crippen LogP contribution in [0.2, 0.25) is 0 Å². The number of ether oxygens (including phenoxy) is 2. The number of hydrogen-bond donors (Lipinski definition) is 1. The summed E-state index contributed by atoms with van der Waals surface area (Å²) < 4.78 is 120. The maximum atomic E-state index is 13.4. The summed E-state index contributed by atoms with van der Waals surface area (Å²) in [7, 11) is -5.91. The van der Waals surface area contributed by atoms with Crippen LogP contribution in [0.4, 0.5) is 26.3 Å². The lowest BCUT2D eigenvalue weighted by Crippen LogP contribution is -2.63. The van der Waals surface area contributed by atoms with E-state index in [1.807, 2.05) is 0 Å². The first-order valence-electron chi connectivity index (χ1n) is 9.77. The van der Waals surface area contributed by atoms with Crippen molar-refractivity contribution in [3.63, 3.8) is 0 Å². The topological polar surface area (TPSA) is 107 Å². The van der Waals surface area contributed by atoms with Crippen LogP contribution < -0.4 is 4.74 Å². The van der Waals surface area contributed by atoms with E-state index in [-0.39, 0.29) is 15.2 Å². The molecule has 0 amide bonds. The summed E-state index contributed by atoms with van der Waals surface area (Å²) >= 11 is 1.69. The number of benzene rings is 1. The van der Waals surface area contributed by atoms with Gasteiger partial charge < -0.3 is 9.47 Å². The van der Waals surface area contributed by atoms with Crippen LogP contribution in [0.5, 0.6) is 5.75 Å². The van der Waals surface area contributed by atoms with E-state index in [4.69, 9.17) is 9.29 Å². The molecule has 34 heavy (non-hydrogen) atoms. The summed E-state index contributed by atoms with van der Waals surface area (Å²) in [6, 6.07) is 2.66. The molecule has 2 aliphatic carbocycles. The molecule has 3 unspecified atom stereocenters. The molecule has 2 aliphatic rings. The molecular weight excluding hydrogens is 613 g/mol. The number of fused-ring (bicyclic) bond motifs is 2. The van der Waals surface area contributed by atoms with Crippen molar-refractivity contribution in [3.05, 3.63) is 27.3 Å². The van der Waals surface area contributed by atoms with Gasteiger partial charge in [0.15, 0.2) is 0 Å². The molecule has 1 N–H and O–H groups in total. The molecule has 0 spiro atoms. The number of carbonyl (C=O) groups is 2. The number of esters is 2. The Hall–Kier alpha value is -1.62. The lowest BCUT2D eigenvalue weighted by Gasteiger charge is -2.35.